The van der Waals surface area contributed by atoms with Gasteiger partial charge in [0.25, 0.3) is 0 Å². The molecule has 0 nitrogen and oxygen atoms in total. The molecule has 0 saturated carbocycles. The summed E-state index contributed by atoms with van der Waals surface area (Å²) in [6.45, 7) is 32.0. The number of rotatable bonds is 0. The molecule has 0 saturated heterocycles. The number of fused-ring (bicyclic) bond motifs is 9. The summed E-state index contributed by atoms with van der Waals surface area (Å²) >= 11 is 0. The first-order valence-corrected chi connectivity index (χ1v) is 17.3. The first kappa shape index (κ1) is 43.3. The van der Waals surface area contributed by atoms with Crippen LogP contribution in [0.4, 0.5) is 0 Å². The van der Waals surface area contributed by atoms with E-state index in [2.05, 4.69) is 97.1 Å². The average molecular weight is 571 g/mol. The zero-order valence-electron chi connectivity index (χ0n) is 30.4. The molecule has 0 bridgehead atoms. The minimum Gasteiger partial charge on any atom is -0.0683 e. The highest BCUT2D eigenvalue weighted by Gasteiger charge is 2.49. The van der Waals surface area contributed by atoms with Crippen molar-refractivity contribution < 1.29 is 0 Å². The van der Waals surface area contributed by atoms with Gasteiger partial charge < -0.3 is 0 Å². The predicted molar refractivity (Wildman–Crippen MR) is 197 cm³/mol. The van der Waals surface area contributed by atoms with Crippen molar-refractivity contribution >= 4 is 0 Å². The van der Waals surface area contributed by atoms with Gasteiger partial charge in [0, 0.05) is 0 Å². The molecule has 0 heteroatoms. The van der Waals surface area contributed by atoms with Crippen LogP contribution in [0.3, 0.4) is 0 Å². The molecule has 0 aliphatic heterocycles. The van der Waals surface area contributed by atoms with Crippen LogP contribution in [0.15, 0.2) is 97.1 Å². The molecule has 0 aromatic heterocycles. The van der Waals surface area contributed by atoms with Crippen molar-refractivity contribution in [1.82, 2.24) is 0 Å². The Balaban J connectivity index is -0.000000834. The Morgan fingerprint density at radius 2 is 0.548 bits per heavy atom. The third-order valence-corrected chi connectivity index (χ3v) is 6.18. The summed E-state index contributed by atoms with van der Waals surface area (Å²) in [6, 6.07) is 35.9. The summed E-state index contributed by atoms with van der Waals surface area (Å²) in [7, 11) is 0. The summed E-state index contributed by atoms with van der Waals surface area (Å²) in [5.74, 6) is 0. The maximum absolute atomic E-state index is 2.34. The second kappa shape index (κ2) is 26.8. The van der Waals surface area contributed by atoms with Crippen LogP contribution in [-0.4, -0.2) is 0 Å². The van der Waals surface area contributed by atoms with Crippen molar-refractivity contribution in [3.63, 3.8) is 0 Å². The van der Waals surface area contributed by atoms with Gasteiger partial charge in [0.2, 0.25) is 0 Å². The quantitative estimate of drug-likeness (QED) is 0.170. The van der Waals surface area contributed by atoms with E-state index < -0.39 is 0 Å². The van der Waals surface area contributed by atoms with Crippen molar-refractivity contribution in [2.45, 2.75) is 123 Å². The highest BCUT2D eigenvalue weighted by Crippen LogP contribution is 2.58. The van der Waals surface area contributed by atoms with E-state index in [0.717, 1.165) is 6.42 Å². The van der Waals surface area contributed by atoms with E-state index in [4.69, 9.17) is 0 Å². The fourth-order valence-electron chi connectivity index (χ4n) is 5.25. The van der Waals surface area contributed by atoms with E-state index in [-0.39, 0.29) is 5.41 Å². The van der Waals surface area contributed by atoms with Crippen molar-refractivity contribution in [3.05, 3.63) is 130 Å². The molecule has 42 heavy (non-hydrogen) atoms. The molecule has 4 aromatic rings. The topological polar surface area (TPSA) is 0 Å². The van der Waals surface area contributed by atoms with E-state index in [1.165, 1.54) is 44.5 Å². The molecule has 0 fully saturated rings. The van der Waals surface area contributed by atoms with Gasteiger partial charge in [0.1, 0.15) is 0 Å². The van der Waals surface area contributed by atoms with Gasteiger partial charge in [-0.2, -0.15) is 0 Å². The molecular weight excluding hydrogens is 504 g/mol. The van der Waals surface area contributed by atoms with Crippen LogP contribution in [0, 0.1) is 0 Å². The summed E-state index contributed by atoms with van der Waals surface area (Å²) in [4.78, 5) is 0. The van der Waals surface area contributed by atoms with Gasteiger partial charge in [-0.1, -0.05) is 208 Å². The maximum Gasteiger partial charge on any atom is 0.0719 e. The smallest absolute Gasteiger partial charge is 0.0683 e. The summed E-state index contributed by atoms with van der Waals surface area (Å²) in [5, 5.41) is 0. The van der Waals surface area contributed by atoms with E-state index in [0.29, 0.717) is 0 Å². The number of hydrogen-bond acceptors (Lipinski definition) is 0. The Labute approximate surface area is 263 Å². The standard InChI is InChI=1S/C26H18.8C2H6/c1-5-13-22-18(9-1)17-19-10-2-6-14-23(19)26(22)24-15-7-3-11-20(24)21-12-4-8-16-25(21)26;8*1-2/h1-16H,17H2;8*1-2H3. The number of hydrogen-bond donors (Lipinski definition) is 0. The lowest BCUT2D eigenvalue weighted by Crippen LogP contribution is -2.34. The minimum absolute atomic E-state index is 0.196. The predicted octanol–water partition coefficient (Wildman–Crippen LogP) is 14.2. The van der Waals surface area contributed by atoms with Gasteiger partial charge in [-0.3, -0.25) is 0 Å². The van der Waals surface area contributed by atoms with E-state index in [9.17, 15) is 0 Å². The average Bonchev–Trinajstić information content (AvgIpc) is 3.43. The lowest BCUT2D eigenvalue weighted by molar-refractivity contribution is 0.722. The summed E-state index contributed by atoms with van der Waals surface area (Å²) in [5.41, 5.74) is 11.1. The van der Waals surface area contributed by atoms with Crippen molar-refractivity contribution in [1.29, 1.82) is 0 Å². The zero-order valence-corrected chi connectivity index (χ0v) is 30.4. The fraction of sp³-hybridized carbons (Fsp3) is 0.429. The van der Waals surface area contributed by atoms with Crippen molar-refractivity contribution in [3.8, 4) is 11.1 Å². The lowest BCUT2D eigenvalue weighted by atomic mass is 9.61. The molecule has 0 heterocycles. The second-order valence-electron chi connectivity index (χ2n) is 7.33. The fourth-order valence-corrected chi connectivity index (χ4v) is 5.25. The first-order valence-electron chi connectivity index (χ1n) is 17.3. The Morgan fingerprint density at radius 1 is 0.310 bits per heavy atom. The van der Waals surface area contributed by atoms with Crippen LogP contribution >= 0.6 is 0 Å². The molecule has 0 amide bonds. The van der Waals surface area contributed by atoms with Gasteiger partial charge in [-0.05, 0) is 50.9 Å². The van der Waals surface area contributed by atoms with Gasteiger partial charge in [-0.25, -0.2) is 0 Å². The van der Waals surface area contributed by atoms with Gasteiger partial charge in [-0.15, -0.1) is 0 Å². The van der Waals surface area contributed by atoms with Crippen molar-refractivity contribution in [2.24, 2.45) is 0 Å². The largest absolute Gasteiger partial charge is 0.0719 e. The molecular formula is C42H66. The zero-order chi connectivity index (χ0) is 33.1. The van der Waals surface area contributed by atoms with Crippen LogP contribution < -0.4 is 0 Å². The lowest BCUT2D eigenvalue weighted by Gasteiger charge is -2.40. The first-order chi connectivity index (χ1) is 20.9. The summed E-state index contributed by atoms with van der Waals surface area (Å²) in [6.07, 6.45) is 1.01. The van der Waals surface area contributed by atoms with Crippen LogP contribution in [-0.2, 0) is 11.8 Å². The van der Waals surface area contributed by atoms with Crippen LogP contribution in [0.25, 0.3) is 11.1 Å². The summed E-state index contributed by atoms with van der Waals surface area (Å²) < 4.78 is 0. The Morgan fingerprint density at radius 3 is 0.857 bits per heavy atom. The molecule has 2 aliphatic carbocycles. The monoisotopic (exact) mass is 571 g/mol. The third kappa shape index (κ3) is 8.94. The van der Waals surface area contributed by atoms with Gasteiger partial charge >= 0.3 is 0 Å². The Hall–Kier alpha value is -3.12. The normalized spacial score (nSPS) is 10.5. The van der Waals surface area contributed by atoms with Crippen molar-refractivity contribution in [2.75, 3.05) is 0 Å². The minimum atomic E-state index is -0.196. The third-order valence-electron chi connectivity index (χ3n) is 6.18. The molecule has 234 valence electrons. The molecule has 4 aromatic carbocycles. The molecule has 0 radical (unpaired) electrons. The maximum atomic E-state index is 2.34. The van der Waals surface area contributed by atoms with Gasteiger partial charge in [0.15, 0.2) is 0 Å². The highest BCUT2D eigenvalue weighted by atomic mass is 14.5. The molecule has 2 aliphatic rings. The SMILES string of the molecule is CC.CC.CC.CC.CC.CC.CC.CC.c1ccc2c(c1)Cc1ccccc1C21c2ccccc2-c2ccccc21. The van der Waals surface area contributed by atoms with Crippen LogP contribution in [0.1, 0.15) is 144 Å². The highest BCUT2D eigenvalue weighted by molar-refractivity contribution is 5.87. The number of benzene rings is 4. The second-order valence-corrected chi connectivity index (χ2v) is 7.33. The molecule has 0 unspecified atom stereocenters. The molecule has 0 N–H and O–H groups in total. The van der Waals surface area contributed by atoms with E-state index >= 15 is 0 Å². The molecule has 6 rings (SSSR count). The molecule has 1 spiro atoms. The molecule has 0 atom stereocenters. The van der Waals surface area contributed by atoms with Crippen LogP contribution in [0.5, 0.6) is 0 Å². The Bertz CT molecular complexity index is 1070. The van der Waals surface area contributed by atoms with Crippen LogP contribution in [0.2, 0.25) is 0 Å². The van der Waals surface area contributed by atoms with E-state index in [1.54, 1.807) is 0 Å². The Kier molecular flexibility index (Phi) is 27.6. The van der Waals surface area contributed by atoms with Gasteiger partial charge in [0.05, 0.1) is 5.41 Å². The van der Waals surface area contributed by atoms with E-state index in [1.807, 2.05) is 111 Å².